The van der Waals surface area contributed by atoms with Crippen LogP contribution in [-0.2, 0) is 9.53 Å². The van der Waals surface area contributed by atoms with Crippen LogP contribution in [0.3, 0.4) is 0 Å². The fourth-order valence-corrected chi connectivity index (χ4v) is 1.47. The predicted octanol–water partition coefficient (Wildman–Crippen LogP) is -1.35. The van der Waals surface area contributed by atoms with Gasteiger partial charge in [-0.3, -0.25) is 4.79 Å². The van der Waals surface area contributed by atoms with Gasteiger partial charge in [-0.1, -0.05) is 0 Å². The van der Waals surface area contributed by atoms with Crippen molar-refractivity contribution in [1.82, 2.24) is 15.5 Å². The summed E-state index contributed by atoms with van der Waals surface area (Å²) in [5.41, 5.74) is 0. The average molecular weight is 201 g/mol. The zero-order chi connectivity index (χ0) is 10.4. The smallest absolute Gasteiger partial charge is 0.238 e. The molecule has 1 fully saturated rings. The highest BCUT2D eigenvalue weighted by Crippen LogP contribution is 1.95. The topological polar surface area (TPSA) is 53.6 Å². The van der Waals surface area contributed by atoms with E-state index in [1.54, 1.807) is 7.11 Å². The van der Waals surface area contributed by atoms with Crippen LogP contribution in [0.2, 0.25) is 0 Å². The van der Waals surface area contributed by atoms with E-state index < -0.39 is 0 Å². The molecule has 0 aliphatic carbocycles. The fraction of sp³-hybridized carbons (Fsp3) is 0.889. The zero-order valence-corrected chi connectivity index (χ0v) is 8.88. The Hall–Kier alpha value is -0.650. The van der Waals surface area contributed by atoms with Crippen molar-refractivity contribution in [2.45, 2.75) is 6.04 Å². The summed E-state index contributed by atoms with van der Waals surface area (Å²) in [6.07, 6.45) is 0. The highest BCUT2D eigenvalue weighted by Gasteiger charge is 2.22. The van der Waals surface area contributed by atoms with Gasteiger partial charge in [-0.05, 0) is 7.05 Å². The van der Waals surface area contributed by atoms with Crippen molar-refractivity contribution in [2.75, 3.05) is 46.9 Å². The van der Waals surface area contributed by atoms with Crippen molar-refractivity contribution < 1.29 is 9.53 Å². The van der Waals surface area contributed by atoms with E-state index in [1.807, 2.05) is 7.05 Å². The van der Waals surface area contributed by atoms with Crippen molar-refractivity contribution in [3.8, 4) is 0 Å². The summed E-state index contributed by atoms with van der Waals surface area (Å²) in [6, 6.07) is -0.0781. The Morgan fingerprint density at radius 2 is 2.50 bits per heavy atom. The van der Waals surface area contributed by atoms with E-state index in [0.29, 0.717) is 13.2 Å². The Bertz CT molecular complexity index is 187. The highest BCUT2D eigenvalue weighted by molar-refractivity contribution is 5.82. The predicted molar refractivity (Wildman–Crippen MR) is 54.2 cm³/mol. The Morgan fingerprint density at radius 3 is 3.14 bits per heavy atom. The van der Waals surface area contributed by atoms with Gasteiger partial charge in [0.05, 0.1) is 12.6 Å². The quantitative estimate of drug-likeness (QED) is 0.552. The van der Waals surface area contributed by atoms with Gasteiger partial charge in [-0.2, -0.15) is 0 Å². The van der Waals surface area contributed by atoms with E-state index in [4.69, 9.17) is 4.74 Å². The van der Waals surface area contributed by atoms with Gasteiger partial charge in [-0.25, -0.2) is 0 Å². The summed E-state index contributed by atoms with van der Waals surface area (Å²) >= 11 is 0. The second kappa shape index (κ2) is 5.95. The number of hydrogen-bond acceptors (Lipinski definition) is 4. The van der Waals surface area contributed by atoms with Gasteiger partial charge in [0.15, 0.2) is 0 Å². The van der Waals surface area contributed by atoms with E-state index in [0.717, 1.165) is 19.6 Å². The molecule has 1 atom stereocenters. The third kappa shape index (κ3) is 3.61. The Labute approximate surface area is 84.8 Å². The third-order valence-corrected chi connectivity index (χ3v) is 2.30. The molecule has 1 aliphatic rings. The monoisotopic (exact) mass is 201 g/mol. The molecule has 0 bridgehead atoms. The number of rotatable bonds is 4. The van der Waals surface area contributed by atoms with Crippen molar-refractivity contribution >= 4 is 5.91 Å². The van der Waals surface area contributed by atoms with E-state index in [1.165, 1.54) is 0 Å². The standard InChI is InChI=1S/C9H19N3O2/c1-12-5-3-10-8(7-12)9(13)11-4-6-14-2/h8,10H,3-7H2,1-2H3,(H,11,13). The Kier molecular flexibility index (Phi) is 4.86. The average Bonchev–Trinajstić information content (AvgIpc) is 2.18. The van der Waals surface area contributed by atoms with Crippen molar-refractivity contribution in [2.24, 2.45) is 0 Å². The van der Waals surface area contributed by atoms with Gasteiger partial charge in [0, 0.05) is 33.3 Å². The van der Waals surface area contributed by atoms with Crippen LogP contribution < -0.4 is 10.6 Å². The Morgan fingerprint density at radius 1 is 1.71 bits per heavy atom. The number of carbonyl (C=O) groups is 1. The van der Waals surface area contributed by atoms with Gasteiger partial charge in [0.1, 0.15) is 0 Å². The molecule has 0 spiro atoms. The summed E-state index contributed by atoms with van der Waals surface area (Å²) in [6.45, 7) is 3.80. The molecule has 0 aromatic carbocycles. The van der Waals surface area contributed by atoms with Crippen molar-refractivity contribution in [1.29, 1.82) is 0 Å². The Balaban J connectivity index is 2.22. The molecule has 82 valence electrons. The maximum atomic E-state index is 11.6. The molecule has 1 rings (SSSR count). The maximum Gasteiger partial charge on any atom is 0.238 e. The van der Waals surface area contributed by atoms with Gasteiger partial charge in [0.2, 0.25) is 5.91 Å². The van der Waals surface area contributed by atoms with Gasteiger partial charge < -0.3 is 20.3 Å². The van der Waals surface area contributed by atoms with E-state index in [9.17, 15) is 4.79 Å². The summed E-state index contributed by atoms with van der Waals surface area (Å²) in [7, 11) is 3.65. The van der Waals surface area contributed by atoms with E-state index in [2.05, 4.69) is 15.5 Å². The molecule has 0 aromatic heterocycles. The van der Waals surface area contributed by atoms with Crippen LogP contribution >= 0.6 is 0 Å². The number of piperazine rings is 1. The number of methoxy groups -OCH3 is 1. The van der Waals surface area contributed by atoms with Crippen LogP contribution in [0, 0.1) is 0 Å². The molecule has 0 radical (unpaired) electrons. The lowest BCUT2D eigenvalue weighted by Crippen LogP contribution is -2.56. The number of carbonyl (C=O) groups excluding carboxylic acids is 1. The molecular formula is C9H19N3O2. The van der Waals surface area contributed by atoms with Crippen LogP contribution in [-0.4, -0.2) is 63.8 Å². The molecule has 0 saturated carbocycles. The molecular weight excluding hydrogens is 182 g/mol. The summed E-state index contributed by atoms with van der Waals surface area (Å²) in [5, 5.41) is 6.00. The van der Waals surface area contributed by atoms with Crippen molar-refractivity contribution in [3.05, 3.63) is 0 Å². The first kappa shape index (κ1) is 11.4. The second-order valence-electron chi connectivity index (χ2n) is 3.55. The highest BCUT2D eigenvalue weighted by atomic mass is 16.5. The van der Waals surface area contributed by atoms with Crippen LogP contribution in [0.4, 0.5) is 0 Å². The van der Waals surface area contributed by atoms with E-state index in [-0.39, 0.29) is 11.9 Å². The minimum Gasteiger partial charge on any atom is -0.383 e. The number of hydrogen-bond donors (Lipinski definition) is 2. The van der Waals surface area contributed by atoms with Crippen LogP contribution in [0.1, 0.15) is 0 Å². The number of nitrogens with zero attached hydrogens (tertiary/aromatic N) is 1. The molecule has 1 saturated heterocycles. The maximum absolute atomic E-state index is 11.6. The van der Waals surface area contributed by atoms with E-state index >= 15 is 0 Å². The molecule has 1 aliphatic heterocycles. The van der Waals surface area contributed by atoms with Gasteiger partial charge in [-0.15, -0.1) is 0 Å². The summed E-state index contributed by atoms with van der Waals surface area (Å²) in [4.78, 5) is 13.7. The van der Waals surface area contributed by atoms with Gasteiger partial charge >= 0.3 is 0 Å². The first-order valence-corrected chi connectivity index (χ1v) is 4.92. The number of likely N-dealkylation sites (N-methyl/N-ethyl adjacent to an activating group) is 1. The lowest BCUT2D eigenvalue weighted by molar-refractivity contribution is -0.124. The van der Waals surface area contributed by atoms with Crippen LogP contribution in [0.5, 0.6) is 0 Å². The normalized spacial score (nSPS) is 23.4. The molecule has 1 unspecified atom stereocenters. The summed E-state index contributed by atoms with van der Waals surface area (Å²) < 4.78 is 4.86. The minimum atomic E-state index is -0.0781. The molecule has 1 amide bonds. The lowest BCUT2D eigenvalue weighted by Gasteiger charge is -2.29. The summed E-state index contributed by atoms with van der Waals surface area (Å²) in [5.74, 6) is 0.0635. The second-order valence-corrected chi connectivity index (χ2v) is 3.55. The number of amides is 1. The first-order chi connectivity index (χ1) is 6.74. The fourth-order valence-electron chi connectivity index (χ4n) is 1.47. The molecule has 14 heavy (non-hydrogen) atoms. The first-order valence-electron chi connectivity index (χ1n) is 4.92. The molecule has 1 heterocycles. The van der Waals surface area contributed by atoms with Crippen molar-refractivity contribution in [3.63, 3.8) is 0 Å². The molecule has 2 N–H and O–H groups in total. The van der Waals surface area contributed by atoms with Crippen LogP contribution in [0.15, 0.2) is 0 Å². The van der Waals surface area contributed by atoms with Gasteiger partial charge in [0.25, 0.3) is 0 Å². The number of nitrogens with one attached hydrogen (secondary N) is 2. The molecule has 5 heteroatoms. The largest absolute Gasteiger partial charge is 0.383 e. The SMILES string of the molecule is COCCNC(=O)C1CN(C)CCN1. The molecule has 5 nitrogen and oxygen atoms in total. The zero-order valence-electron chi connectivity index (χ0n) is 8.88. The lowest BCUT2D eigenvalue weighted by atomic mass is 10.2. The number of ether oxygens (including phenoxy) is 1. The van der Waals surface area contributed by atoms with Crippen LogP contribution in [0.25, 0.3) is 0 Å². The minimum absolute atomic E-state index is 0.0635. The third-order valence-electron chi connectivity index (χ3n) is 2.30. The molecule has 0 aromatic rings.